The zero-order valence-electron chi connectivity index (χ0n) is 19.7. The molecule has 1 saturated carbocycles. The SMILES string of the molecule is Cc1ccc(S(=O)(=O)N2CCCCC2)cc1C(=O)Nc1ccccc1C(=O)NC1CCCCC1. The van der Waals surface area contributed by atoms with Gasteiger partial charge >= 0.3 is 0 Å². The molecule has 0 unspecified atom stereocenters. The standard InChI is InChI=1S/C26H33N3O4S/c1-19-14-15-21(34(32,33)29-16-8-3-9-17-29)18-23(19)26(31)28-24-13-7-6-12-22(24)25(30)27-20-10-4-2-5-11-20/h6-7,12-15,18,20H,2-5,8-11,16-17H2,1H3,(H,27,30)(H,28,31). The van der Waals surface area contributed by atoms with Crippen LogP contribution in [0.25, 0.3) is 0 Å². The van der Waals surface area contributed by atoms with Gasteiger partial charge in [0, 0.05) is 24.7 Å². The lowest BCUT2D eigenvalue weighted by Gasteiger charge is -2.26. The lowest BCUT2D eigenvalue weighted by Crippen LogP contribution is -2.36. The summed E-state index contributed by atoms with van der Waals surface area (Å²) in [7, 11) is -3.66. The molecular formula is C26H33N3O4S. The molecule has 0 bridgehead atoms. The number of nitrogens with one attached hydrogen (secondary N) is 2. The van der Waals surface area contributed by atoms with Gasteiger partial charge in [0.25, 0.3) is 11.8 Å². The molecular weight excluding hydrogens is 450 g/mol. The summed E-state index contributed by atoms with van der Waals surface area (Å²) in [4.78, 5) is 26.3. The van der Waals surface area contributed by atoms with Crippen molar-refractivity contribution in [3.8, 4) is 0 Å². The molecule has 4 rings (SSSR count). The molecule has 1 aliphatic heterocycles. The van der Waals surface area contributed by atoms with Gasteiger partial charge in [0.15, 0.2) is 0 Å². The van der Waals surface area contributed by atoms with E-state index in [0.29, 0.717) is 29.9 Å². The van der Waals surface area contributed by atoms with E-state index < -0.39 is 15.9 Å². The second-order valence-corrected chi connectivity index (χ2v) is 11.2. The Kier molecular flexibility index (Phi) is 7.68. The minimum absolute atomic E-state index is 0.119. The molecule has 1 heterocycles. The van der Waals surface area contributed by atoms with Crippen molar-refractivity contribution >= 4 is 27.5 Å². The van der Waals surface area contributed by atoms with Crippen molar-refractivity contribution in [1.82, 2.24) is 9.62 Å². The van der Waals surface area contributed by atoms with Crippen LogP contribution in [0.2, 0.25) is 0 Å². The van der Waals surface area contributed by atoms with Gasteiger partial charge < -0.3 is 10.6 Å². The summed E-state index contributed by atoms with van der Waals surface area (Å²) in [5, 5.41) is 5.93. The number of carbonyl (C=O) groups excluding carboxylic acids is 2. The molecule has 2 N–H and O–H groups in total. The fourth-order valence-corrected chi connectivity index (χ4v) is 6.29. The number of para-hydroxylation sites is 1. The van der Waals surface area contributed by atoms with Gasteiger partial charge in [-0.1, -0.05) is 43.9 Å². The molecule has 2 aromatic carbocycles. The number of sulfonamides is 1. The highest BCUT2D eigenvalue weighted by molar-refractivity contribution is 7.89. The minimum atomic E-state index is -3.66. The Bertz CT molecular complexity index is 1150. The van der Waals surface area contributed by atoms with Crippen LogP contribution in [0.4, 0.5) is 5.69 Å². The van der Waals surface area contributed by atoms with Crippen LogP contribution in [-0.2, 0) is 10.0 Å². The highest BCUT2D eigenvalue weighted by atomic mass is 32.2. The normalized spacial score (nSPS) is 17.8. The van der Waals surface area contributed by atoms with Crippen molar-refractivity contribution in [3.63, 3.8) is 0 Å². The van der Waals surface area contributed by atoms with E-state index in [9.17, 15) is 18.0 Å². The van der Waals surface area contributed by atoms with Crippen LogP contribution in [0.3, 0.4) is 0 Å². The smallest absolute Gasteiger partial charge is 0.255 e. The van der Waals surface area contributed by atoms with Gasteiger partial charge in [0.05, 0.1) is 16.1 Å². The Morgan fingerprint density at radius 2 is 1.53 bits per heavy atom. The van der Waals surface area contributed by atoms with E-state index >= 15 is 0 Å². The highest BCUT2D eigenvalue weighted by Gasteiger charge is 2.27. The molecule has 2 amide bonds. The van der Waals surface area contributed by atoms with Crippen LogP contribution >= 0.6 is 0 Å². The lowest BCUT2D eigenvalue weighted by molar-refractivity contribution is 0.0928. The predicted molar refractivity (Wildman–Crippen MR) is 133 cm³/mol. The maximum Gasteiger partial charge on any atom is 0.255 e. The van der Waals surface area contributed by atoms with Gasteiger partial charge in [-0.15, -0.1) is 0 Å². The molecule has 34 heavy (non-hydrogen) atoms. The second-order valence-electron chi connectivity index (χ2n) is 9.25. The molecule has 0 spiro atoms. The Hall–Kier alpha value is -2.71. The summed E-state index contributed by atoms with van der Waals surface area (Å²) in [6.07, 6.45) is 8.08. The third kappa shape index (κ3) is 5.50. The average Bonchev–Trinajstić information content (AvgIpc) is 2.85. The highest BCUT2D eigenvalue weighted by Crippen LogP contribution is 2.25. The fourth-order valence-electron chi connectivity index (χ4n) is 4.75. The van der Waals surface area contributed by atoms with E-state index in [1.807, 2.05) is 0 Å². The van der Waals surface area contributed by atoms with Gasteiger partial charge in [-0.25, -0.2) is 8.42 Å². The van der Waals surface area contributed by atoms with E-state index in [-0.39, 0.29) is 22.4 Å². The zero-order chi connectivity index (χ0) is 24.1. The fraction of sp³-hybridized carbons (Fsp3) is 0.462. The summed E-state index contributed by atoms with van der Waals surface area (Å²) in [6, 6.07) is 11.7. The van der Waals surface area contributed by atoms with Crippen molar-refractivity contribution < 1.29 is 18.0 Å². The largest absolute Gasteiger partial charge is 0.349 e. The van der Waals surface area contributed by atoms with Crippen molar-refractivity contribution in [2.24, 2.45) is 0 Å². The van der Waals surface area contributed by atoms with Crippen molar-refractivity contribution in [2.45, 2.75) is 69.2 Å². The number of hydrogen-bond acceptors (Lipinski definition) is 4. The molecule has 182 valence electrons. The van der Waals surface area contributed by atoms with Crippen LogP contribution in [-0.4, -0.2) is 43.7 Å². The van der Waals surface area contributed by atoms with Crippen LogP contribution < -0.4 is 10.6 Å². The van der Waals surface area contributed by atoms with Crippen molar-refractivity contribution in [3.05, 3.63) is 59.2 Å². The molecule has 1 saturated heterocycles. The Balaban J connectivity index is 1.54. The topological polar surface area (TPSA) is 95.6 Å². The molecule has 2 fully saturated rings. The van der Waals surface area contributed by atoms with E-state index in [0.717, 1.165) is 44.9 Å². The first-order chi connectivity index (χ1) is 16.4. The first-order valence-electron chi connectivity index (χ1n) is 12.2. The molecule has 0 atom stereocenters. The molecule has 2 aliphatic rings. The third-order valence-electron chi connectivity index (χ3n) is 6.77. The van der Waals surface area contributed by atoms with Gasteiger partial charge in [0.1, 0.15) is 0 Å². The van der Waals surface area contributed by atoms with E-state index in [4.69, 9.17) is 0 Å². The molecule has 2 aromatic rings. The van der Waals surface area contributed by atoms with Crippen LogP contribution in [0, 0.1) is 6.92 Å². The number of nitrogens with zero attached hydrogens (tertiary/aromatic N) is 1. The van der Waals surface area contributed by atoms with Gasteiger partial charge in [-0.05, 0) is 62.4 Å². The summed E-state index contributed by atoms with van der Waals surface area (Å²) < 4.78 is 27.7. The summed E-state index contributed by atoms with van der Waals surface area (Å²) in [5.41, 5.74) is 1.75. The van der Waals surface area contributed by atoms with Gasteiger partial charge in [-0.2, -0.15) is 4.31 Å². The van der Waals surface area contributed by atoms with Gasteiger partial charge in [-0.3, -0.25) is 9.59 Å². The van der Waals surface area contributed by atoms with E-state index in [1.165, 1.54) is 16.8 Å². The number of aryl methyl sites for hydroxylation is 1. The Morgan fingerprint density at radius 1 is 0.853 bits per heavy atom. The maximum atomic E-state index is 13.2. The zero-order valence-corrected chi connectivity index (χ0v) is 20.5. The number of piperidine rings is 1. The van der Waals surface area contributed by atoms with Crippen LogP contribution in [0.1, 0.15) is 77.6 Å². The van der Waals surface area contributed by atoms with Crippen LogP contribution in [0.15, 0.2) is 47.4 Å². The number of hydrogen-bond donors (Lipinski definition) is 2. The van der Waals surface area contributed by atoms with Crippen molar-refractivity contribution in [2.75, 3.05) is 18.4 Å². The second kappa shape index (κ2) is 10.7. The number of carbonyl (C=O) groups is 2. The Morgan fingerprint density at radius 3 is 2.26 bits per heavy atom. The summed E-state index contributed by atoms with van der Waals surface area (Å²) in [6.45, 7) is 2.77. The minimum Gasteiger partial charge on any atom is -0.349 e. The summed E-state index contributed by atoms with van der Waals surface area (Å²) in [5.74, 6) is -0.646. The molecule has 7 nitrogen and oxygen atoms in total. The Labute approximate surface area is 202 Å². The maximum absolute atomic E-state index is 13.2. The average molecular weight is 484 g/mol. The molecule has 0 radical (unpaired) electrons. The lowest BCUT2D eigenvalue weighted by atomic mass is 9.95. The van der Waals surface area contributed by atoms with E-state index in [1.54, 1.807) is 43.3 Å². The monoisotopic (exact) mass is 483 g/mol. The predicted octanol–water partition coefficient (Wildman–Crippen LogP) is 4.48. The molecule has 1 aliphatic carbocycles. The third-order valence-corrected chi connectivity index (χ3v) is 8.66. The van der Waals surface area contributed by atoms with E-state index in [2.05, 4.69) is 10.6 Å². The van der Waals surface area contributed by atoms with Gasteiger partial charge in [0.2, 0.25) is 10.0 Å². The number of benzene rings is 2. The molecule has 0 aromatic heterocycles. The quantitative estimate of drug-likeness (QED) is 0.633. The number of anilines is 1. The molecule has 8 heteroatoms. The summed E-state index contributed by atoms with van der Waals surface area (Å²) >= 11 is 0. The number of amides is 2. The first-order valence-corrected chi connectivity index (χ1v) is 13.6. The van der Waals surface area contributed by atoms with Crippen molar-refractivity contribution in [1.29, 1.82) is 0 Å². The van der Waals surface area contributed by atoms with Crippen LogP contribution in [0.5, 0.6) is 0 Å². The first kappa shape index (κ1) is 24.4. The number of rotatable bonds is 6.